The molecule has 1 heterocycles. The molecule has 1 N–H and O–H groups in total. The smallest absolute Gasteiger partial charge is 0.0471 e. The zero-order chi connectivity index (χ0) is 12.3. The van der Waals surface area contributed by atoms with E-state index in [0.717, 1.165) is 41.7 Å². The second-order valence-electron chi connectivity index (χ2n) is 4.10. The Kier molecular flexibility index (Phi) is 4.42. The van der Waals surface area contributed by atoms with Crippen molar-refractivity contribution in [1.82, 2.24) is 5.32 Å². The molecule has 1 saturated heterocycles. The van der Waals surface area contributed by atoms with Gasteiger partial charge in [-0.25, -0.2) is 0 Å². The summed E-state index contributed by atoms with van der Waals surface area (Å²) in [5.41, 5.74) is 2.30. The monoisotopic (exact) mass is 272 g/mol. The molecule has 1 aromatic rings. The van der Waals surface area contributed by atoms with Gasteiger partial charge < -0.3 is 10.2 Å². The Morgan fingerprint density at radius 2 is 2.12 bits per heavy atom. The quantitative estimate of drug-likeness (QED) is 0.908. The summed E-state index contributed by atoms with van der Waals surface area (Å²) in [6.45, 7) is 2.46. The zero-order valence-corrected chi connectivity index (χ0v) is 11.5. The summed E-state index contributed by atoms with van der Waals surface area (Å²) in [4.78, 5) is 2.28. The summed E-state index contributed by atoms with van der Waals surface area (Å²) in [6, 6.07) is 5.98. The predicted molar refractivity (Wildman–Crippen MR) is 74.3 cm³/mol. The second-order valence-corrected chi connectivity index (χ2v) is 6.21. The highest BCUT2D eigenvalue weighted by Gasteiger charge is 2.18. The van der Waals surface area contributed by atoms with E-state index in [1.165, 1.54) is 5.69 Å². The number of hydrogen-bond donors (Lipinski definition) is 1. The fourth-order valence-electron chi connectivity index (χ4n) is 2.07. The van der Waals surface area contributed by atoms with Gasteiger partial charge in [0.1, 0.15) is 0 Å². The Labute approximate surface area is 110 Å². The average Bonchev–Trinajstić information content (AvgIpc) is 2.33. The van der Waals surface area contributed by atoms with Crippen LogP contribution in [0.25, 0.3) is 0 Å². The number of nitrogens with zero attached hydrogens (tertiary/aromatic N) is 1. The zero-order valence-electron chi connectivity index (χ0n) is 9.91. The first-order valence-electron chi connectivity index (χ1n) is 5.74. The van der Waals surface area contributed by atoms with Gasteiger partial charge in [-0.05, 0) is 19.2 Å². The number of rotatable bonds is 3. The lowest BCUT2D eigenvalue weighted by atomic mass is 10.1. The molecule has 1 aliphatic rings. The van der Waals surface area contributed by atoms with Crippen LogP contribution in [-0.2, 0) is 17.3 Å². The third-order valence-corrected chi connectivity index (χ3v) is 4.60. The topological polar surface area (TPSA) is 32.3 Å². The molecule has 0 amide bonds. The largest absolute Gasteiger partial charge is 0.369 e. The van der Waals surface area contributed by atoms with Gasteiger partial charge in [0.25, 0.3) is 0 Å². The van der Waals surface area contributed by atoms with Crippen molar-refractivity contribution >= 4 is 28.1 Å². The van der Waals surface area contributed by atoms with E-state index in [4.69, 9.17) is 11.6 Å². The Bertz CT molecular complexity index is 415. The summed E-state index contributed by atoms with van der Waals surface area (Å²) < 4.78 is 11.4. The molecule has 94 valence electrons. The minimum atomic E-state index is -0.641. The van der Waals surface area contributed by atoms with Crippen molar-refractivity contribution in [2.75, 3.05) is 36.5 Å². The second kappa shape index (κ2) is 5.85. The van der Waals surface area contributed by atoms with Crippen LogP contribution >= 0.6 is 11.6 Å². The summed E-state index contributed by atoms with van der Waals surface area (Å²) >= 11 is 6.23. The van der Waals surface area contributed by atoms with Crippen molar-refractivity contribution < 1.29 is 4.21 Å². The third kappa shape index (κ3) is 3.00. The van der Waals surface area contributed by atoms with Crippen LogP contribution < -0.4 is 10.2 Å². The fourth-order valence-corrected chi connectivity index (χ4v) is 3.36. The number of nitrogens with one attached hydrogen (secondary N) is 1. The van der Waals surface area contributed by atoms with Gasteiger partial charge in [-0.2, -0.15) is 0 Å². The van der Waals surface area contributed by atoms with Crippen LogP contribution in [0.3, 0.4) is 0 Å². The maximum Gasteiger partial charge on any atom is 0.0471 e. The van der Waals surface area contributed by atoms with Crippen molar-refractivity contribution in [2.24, 2.45) is 0 Å². The van der Waals surface area contributed by atoms with Gasteiger partial charge in [-0.3, -0.25) is 4.21 Å². The van der Waals surface area contributed by atoms with Gasteiger partial charge in [-0.15, -0.1) is 0 Å². The normalized spacial score (nSPS) is 17.4. The molecule has 0 saturated carbocycles. The maximum absolute atomic E-state index is 11.4. The number of halogens is 1. The lowest BCUT2D eigenvalue weighted by molar-refractivity contribution is 0.672. The van der Waals surface area contributed by atoms with Crippen LogP contribution in [0.5, 0.6) is 0 Å². The Morgan fingerprint density at radius 3 is 2.76 bits per heavy atom. The molecule has 0 aliphatic carbocycles. The van der Waals surface area contributed by atoms with Crippen LogP contribution in [0.4, 0.5) is 5.69 Å². The van der Waals surface area contributed by atoms with E-state index >= 15 is 0 Å². The van der Waals surface area contributed by atoms with E-state index in [9.17, 15) is 4.21 Å². The molecule has 1 fully saturated rings. The van der Waals surface area contributed by atoms with Gasteiger partial charge in [0.15, 0.2) is 0 Å². The molecule has 1 aliphatic heterocycles. The average molecular weight is 273 g/mol. The van der Waals surface area contributed by atoms with Gasteiger partial charge in [0.2, 0.25) is 0 Å². The molecule has 0 bridgehead atoms. The molecule has 0 atom stereocenters. The van der Waals surface area contributed by atoms with Crippen LogP contribution in [0, 0.1) is 0 Å². The summed E-state index contributed by atoms with van der Waals surface area (Å²) in [7, 11) is 1.27. The third-order valence-electron chi connectivity index (χ3n) is 2.97. The van der Waals surface area contributed by atoms with Gasteiger partial charge in [-0.1, -0.05) is 17.7 Å². The molecule has 17 heavy (non-hydrogen) atoms. The number of anilines is 1. The van der Waals surface area contributed by atoms with Gasteiger partial charge in [0, 0.05) is 58.2 Å². The fraction of sp³-hybridized carbons (Fsp3) is 0.500. The van der Waals surface area contributed by atoms with Crippen molar-refractivity contribution in [2.45, 2.75) is 6.54 Å². The molecule has 3 nitrogen and oxygen atoms in total. The van der Waals surface area contributed by atoms with Crippen LogP contribution in [-0.4, -0.2) is 35.9 Å². The Morgan fingerprint density at radius 1 is 1.41 bits per heavy atom. The molecule has 2 rings (SSSR count). The standard InChI is InChI=1S/C12H17ClN2OS/c1-14-9-10-11(13)3-2-4-12(10)15-5-7-17(16)8-6-15/h2-4,14H,5-9H2,1H3. The van der Waals surface area contributed by atoms with E-state index in [0.29, 0.717) is 0 Å². The minimum absolute atomic E-state index is 0.641. The summed E-state index contributed by atoms with van der Waals surface area (Å²) in [5, 5.41) is 3.94. The number of hydrogen-bond acceptors (Lipinski definition) is 3. The van der Waals surface area contributed by atoms with Crippen molar-refractivity contribution in [3.05, 3.63) is 28.8 Å². The van der Waals surface area contributed by atoms with Gasteiger partial charge >= 0.3 is 0 Å². The van der Waals surface area contributed by atoms with Crippen LogP contribution in [0.15, 0.2) is 18.2 Å². The summed E-state index contributed by atoms with van der Waals surface area (Å²) in [6.07, 6.45) is 0. The van der Waals surface area contributed by atoms with Gasteiger partial charge in [0.05, 0.1) is 0 Å². The molecule has 5 heteroatoms. The Balaban J connectivity index is 2.25. The molecule has 0 radical (unpaired) electrons. The van der Waals surface area contributed by atoms with Crippen molar-refractivity contribution in [1.29, 1.82) is 0 Å². The predicted octanol–water partition coefficient (Wildman–Crippen LogP) is 1.63. The van der Waals surface area contributed by atoms with E-state index in [-0.39, 0.29) is 0 Å². The highest BCUT2D eigenvalue weighted by atomic mass is 35.5. The van der Waals surface area contributed by atoms with E-state index in [2.05, 4.69) is 16.3 Å². The summed E-state index contributed by atoms with van der Waals surface area (Å²) in [5.74, 6) is 1.51. The van der Waals surface area contributed by atoms with Crippen LogP contribution in [0.1, 0.15) is 5.56 Å². The van der Waals surface area contributed by atoms with Crippen molar-refractivity contribution in [3.8, 4) is 0 Å². The highest BCUT2D eigenvalue weighted by Crippen LogP contribution is 2.28. The highest BCUT2D eigenvalue weighted by molar-refractivity contribution is 7.85. The lowest BCUT2D eigenvalue weighted by Crippen LogP contribution is -2.38. The number of benzene rings is 1. The minimum Gasteiger partial charge on any atom is -0.369 e. The van der Waals surface area contributed by atoms with E-state index in [1.807, 2.05) is 19.2 Å². The first-order chi connectivity index (χ1) is 8.22. The van der Waals surface area contributed by atoms with E-state index < -0.39 is 10.8 Å². The molecule has 1 aromatic carbocycles. The Hall–Kier alpha value is -0.580. The molecule has 0 aromatic heterocycles. The molecular weight excluding hydrogens is 256 g/mol. The molecular formula is C12H17ClN2OS. The first kappa shape index (κ1) is 12.9. The maximum atomic E-state index is 11.4. The van der Waals surface area contributed by atoms with E-state index in [1.54, 1.807) is 0 Å². The first-order valence-corrected chi connectivity index (χ1v) is 7.61. The van der Waals surface area contributed by atoms with Crippen molar-refractivity contribution in [3.63, 3.8) is 0 Å². The van der Waals surface area contributed by atoms with Crippen LogP contribution in [0.2, 0.25) is 5.02 Å². The molecule has 0 spiro atoms. The SMILES string of the molecule is CNCc1c(Cl)cccc1N1CCS(=O)CC1. The lowest BCUT2D eigenvalue weighted by Gasteiger charge is -2.30. The molecule has 0 unspecified atom stereocenters.